The summed E-state index contributed by atoms with van der Waals surface area (Å²) in [5, 5.41) is 3.55. The first-order chi connectivity index (χ1) is 9.93. The minimum atomic E-state index is -0.000696. The molecule has 0 aliphatic carbocycles. The number of nitrogens with zero attached hydrogens (tertiary/aromatic N) is 3. The third-order valence-electron chi connectivity index (χ3n) is 4.08. The maximum absolute atomic E-state index is 12.6. The fourth-order valence-electron chi connectivity index (χ4n) is 2.61. The van der Waals surface area contributed by atoms with Crippen molar-refractivity contribution in [1.29, 1.82) is 0 Å². The number of amides is 1. The van der Waals surface area contributed by atoms with Crippen LogP contribution in [0.1, 0.15) is 31.1 Å². The Morgan fingerprint density at radius 3 is 2.57 bits per heavy atom. The zero-order valence-electron chi connectivity index (χ0n) is 13.1. The second-order valence-corrected chi connectivity index (χ2v) is 6.07. The van der Waals surface area contributed by atoms with E-state index in [1.54, 1.807) is 12.3 Å². The van der Waals surface area contributed by atoms with Crippen LogP contribution >= 0.6 is 11.6 Å². The fraction of sp³-hybridized carbons (Fsp3) is 0.600. The number of hydrogen-bond acceptors (Lipinski definition) is 4. The summed E-state index contributed by atoms with van der Waals surface area (Å²) >= 11 is 6.17. The molecule has 1 amide bonds. The zero-order chi connectivity index (χ0) is 15.6. The molecule has 0 bridgehead atoms. The summed E-state index contributed by atoms with van der Waals surface area (Å²) < 4.78 is 0. The molecule has 1 aromatic heterocycles. The molecule has 2 rings (SSSR count). The highest BCUT2D eigenvalue weighted by molar-refractivity contribution is 6.33. The maximum atomic E-state index is 12.6. The topological polar surface area (TPSA) is 48.5 Å². The Morgan fingerprint density at radius 1 is 1.43 bits per heavy atom. The van der Waals surface area contributed by atoms with Crippen molar-refractivity contribution < 1.29 is 4.79 Å². The lowest BCUT2D eigenvalue weighted by molar-refractivity contribution is 0.0414. The first-order valence-electron chi connectivity index (χ1n) is 7.34. The second-order valence-electron chi connectivity index (χ2n) is 5.66. The van der Waals surface area contributed by atoms with Gasteiger partial charge in [0.05, 0.1) is 10.6 Å². The molecular formula is C15H23ClN4O. The Hall–Kier alpha value is -1.33. The molecular weight excluding hydrogens is 288 g/mol. The molecule has 1 aliphatic heterocycles. The minimum Gasteiger partial charge on any atom is -0.369 e. The van der Waals surface area contributed by atoms with Crippen LogP contribution in [0.2, 0.25) is 5.02 Å². The van der Waals surface area contributed by atoms with Crippen LogP contribution in [-0.4, -0.2) is 59.5 Å². The van der Waals surface area contributed by atoms with Gasteiger partial charge >= 0.3 is 0 Å². The van der Waals surface area contributed by atoms with Crippen LogP contribution in [0.15, 0.2) is 12.3 Å². The van der Waals surface area contributed by atoms with Gasteiger partial charge in [-0.15, -0.1) is 0 Å². The molecule has 21 heavy (non-hydrogen) atoms. The van der Waals surface area contributed by atoms with E-state index >= 15 is 0 Å². The highest BCUT2D eigenvalue weighted by atomic mass is 35.5. The molecule has 6 heteroatoms. The molecule has 116 valence electrons. The Kier molecular flexibility index (Phi) is 5.06. The third-order valence-corrected chi connectivity index (χ3v) is 4.37. The van der Waals surface area contributed by atoms with Crippen molar-refractivity contribution in [1.82, 2.24) is 14.8 Å². The van der Waals surface area contributed by atoms with Crippen LogP contribution in [0.5, 0.6) is 0 Å². The first-order valence-corrected chi connectivity index (χ1v) is 7.72. The lowest BCUT2D eigenvalue weighted by Gasteiger charge is -2.42. The zero-order valence-corrected chi connectivity index (χ0v) is 13.8. The van der Waals surface area contributed by atoms with Gasteiger partial charge in [0.2, 0.25) is 0 Å². The van der Waals surface area contributed by atoms with Crippen molar-refractivity contribution in [2.45, 2.75) is 32.9 Å². The lowest BCUT2D eigenvalue weighted by atomic mass is 10.1. The number of piperazine rings is 1. The summed E-state index contributed by atoms with van der Waals surface area (Å²) in [7, 11) is 2.10. The van der Waals surface area contributed by atoms with Crippen LogP contribution in [0, 0.1) is 0 Å². The second kappa shape index (κ2) is 6.62. The van der Waals surface area contributed by atoms with Crippen LogP contribution in [-0.2, 0) is 0 Å². The average Bonchev–Trinajstić information content (AvgIpc) is 2.45. The van der Waals surface area contributed by atoms with Crippen molar-refractivity contribution >= 4 is 23.3 Å². The van der Waals surface area contributed by atoms with Crippen molar-refractivity contribution in [3.05, 3.63) is 22.8 Å². The summed E-state index contributed by atoms with van der Waals surface area (Å²) in [5.41, 5.74) is 0.547. The van der Waals surface area contributed by atoms with Gasteiger partial charge in [-0.3, -0.25) is 9.69 Å². The van der Waals surface area contributed by atoms with Gasteiger partial charge in [0, 0.05) is 37.9 Å². The number of pyridine rings is 1. The largest absolute Gasteiger partial charge is 0.369 e. The minimum absolute atomic E-state index is 0.000696. The van der Waals surface area contributed by atoms with Gasteiger partial charge in [0.1, 0.15) is 5.82 Å². The van der Waals surface area contributed by atoms with E-state index < -0.39 is 0 Å². The molecule has 2 atom stereocenters. The van der Waals surface area contributed by atoms with E-state index in [2.05, 4.69) is 36.1 Å². The number of anilines is 1. The van der Waals surface area contributed by atoms with Crippen LogP contribution in [0.4, 0.5) is 5.82 Å². The lowest BCUT2D eigenvalue weighted by Crippen LogP contribution is -2.56. The molecule has 1 N–H and O–H groups in total. The van der Waals surface area contributed by atoms with E-state index in [0.717, 1.165) is 19.6 Å². The summed E-state index contributed by atoms with van der Waals surface area (Å²) in [6.07, 6.45) is 1.60. The maximum Gasteiger partial charge on any atom is 0.255 e. The first kappa shape index (κ1) is 16.0. The van der Waals surface area contributed by atoms with Gasteiger partial charge in [-0.1, -0.05) is 11.6 Å². The Balaban J connectivity index is 2.15. The summed E-state index contributed by atoms with van der Waals surface area (Å²) in [6, 6.07) is 2.40. The smallest absolute Gasteiger partial charge is 0.255 e. The van der Waals surface area contributed by atoms with Gasteiger partial charge in [0.25, 0.3) is 5.91 Å². The standard InChI is InChI=1S/C15H23ClN4O/c1-5-17-14-13(16)6-12(7-18-14)15(21)20-8-10(2)19(4)11(3)9-20/h6-7,10-11H,5,8-9H2,1-4H3,(H,17,18). The third kappa shape index (κ3) is 3.47. The molecule has 0 radical (unpaired) electrons. The fourth-order valence-corrected chi connectivity index (χ4v) is 2.84. The number of aromatic nitrogens is 1. The van der Waals surface area contributed by atoms with Crippen molar-refractivity contribution in [3.8, 4) is 0 Å². The predicted octanol–water partition coefficient (Wildman–Crippen LogP) is 2.33. The van der Waals surface area contributed by atoms with Crippen LogP contribution in [0.3, 0.4) is 0 Å². The predicted molar refractivity (Wildman–Crippen MR) is 86.0 cm³/mol. The molecule has 1 fully saturated rings. The highest BCUT2D eigenvalue weighted by Gasteiger charge is 2.30. The van der Waals surface area contributed by atoms with Gasteiger partial charge in [-0.2, -0.15) is 0 Å². The number of halogens is 1. The van der Waals surface area contributed by atoms with Gasteiger partial charge < -0.3 is 10.2 Å². The van der Waals surface area contributed by atoms with Crippen molar-refractivity contribution in [3.63, 3.8) is 0 Å². The number of hydrogen-bond donors (Lipinski definition) is 1. The number of nitrogens with one attached hydrogen (secondary N) is 1. The van der Waals surface area contributed by atoms with E-state index in [-0.39, 0.29) is 5.91 Å². The number of carbonyl (C=O) groups is 1. The molecule has 0 aromatic carbocycles. The van der Waals surface area contributed by atoms with Crippen molar-refractivity contribution in [2.24, 2.45) is 0 Å². The molecule has 0 spiro atoms. The van der Waals surface area contributed by atoms with Gasteiger partial charge in [0.15, 0.2) is 0 Å². The van der Waals surface area contributed by atoms with E-state index in [4.69, 9.17) is 11.6 Å². The summed E-state index contributed by atoms with van der Waals surface area (Å²) in [6.45, 7) is 8.45. The summed E-state index contributed by atoms with van der Waals surface area (Å²) in [5.74, 6) is 0.620. The Morgan fingerprint density at radius 2 is 2.05 bits per heavy atom. The van der Waals surface area contributed by atoms with E-state index in [1.165, 1.54) is 0 Å². The van der Waals surface area contributed by atoms with Crippen LogP contribution < -0.4 is 5.32 Å². The molecule has 2 unspecified atom stereocenters. The quantitative estimate of drug-likeness (QED) is 0.931. The molecule has 0 saturated carbocycles. The molecule has 1 saturated heterocycles. The van der Waals surface area contributed by atoms with E-state index in [9.17, 15) is 4.79 Å². The molecule has 1 aromatic rings. The highest BCUT2D eigenvalue weighted by Crippen LogP contribution is 2.22. The van der Waals surface area contributed by atoms with Crippen molar-refractivity contribution in [2.75, 3.05) is 32.0 Å². The molecule has 2 heterocycles. The number of carbonyl (C=O) groups excluding carboxylic acids is 1. The van der Waals surface area contributed by atoms with E-state index in [1.807, 2.05) is 11.8 Å². The molecule has 1 aliphatic rings. The number of likely N-dealkylation sites (N-methyl/N-ethyl adjacent to an activating group) is 1. The van der Waals surface area contributed by atoms with Crippen LogP contribution in [0.25, 0.3) is 0 Å². The molecule has 5 nitrogen and oxygen atoms in total. The van der Waals surface area contributed by atoms with E-state index in [0.29, 0.717) is 28.5 Å². The SMILES string of the molecule is CCNc1ncc(C(=O)N2CC(C)N(C)C(C)C2)cc1Cl. The normalized spacial score (nSPS) is 23.2. The summed E-state index contributed by atoms with van der Waals surface area (Å²) in [4.78, 5) is 21.0. The van der Waals surface area contributed by atoms with Gasteiger partial charge in [-0.25, -0.2) is 4.98 Å². The Labute approximate surface area is 131 Å². The monoisotopic (exact) mass is 310 g/mol. The average molecular weight is 311 g/mol. The van der Waals surface area contributed by atoms with Gasteiger partial charge in [-0.05, 0) is 33.9 Å². The Bertz CT molecular complexity index is 510. The number of rotatable bonds is 3.